The Morgan fingerprint density at radius 2 is 2.04 bits per heavy atom. The molecule has 0 aliphatic carbocycles. The number of ether oxygens (including phenoxy) is 2. The molecular weight excluding hydrogens is 312 g/mol. The lowest BCUT2D eigenvalue weighted by Gasteiger charge is -2.03. The van der Waals surface area contributed by atoms with Gasteiger partial charge in [-0.05, 0) is 17.7 Å². The molecule has 0 amide bonds. The Hall–Kier alpha value is -2.47. The maximum atomic E-state index is 11.8. The number of fused-ring (bicyclic) bond motifs is 1. The van der Waals surface area contributed by atoms with Crippen molar-refractivity contribution in [3.8, 4) is 5.75 Å². The van der Waals surface area contributed by atoms with E-state index in [0.717, 1.165) is 22.3 Å². The highest BCUT2D eigenvalue weighted by Gasteiger charge is 2.09. The van der Waals surface area contributed by atoms with Gasteiger partial charge >= 0.3 is 5.97 Å². The second-order valence-electron chi connectivity index (χ2n) is 4.86. The van der Waals surface area contributed by atoms with Gasteiger partial charge in [0, 0.05) is 6.07 Å². The Morgan fingerprint density at radius 3 is 2.83 bits per heavy atom. The molecule has 0 aliphatic heterocycles. The van der Waals surface area contributed by atoms with Crippen molar-refractivity contribution < 1.29 is 14.3 Å². The van der Waals surface area contributed by atoms with E-state index in [1.165, 1.54) is 11.8 Å². The lowest BCUT2D eigenvalue weighted by molar-refractivity contribution is -0.141. The molecule has 5 nitrogen and oxygen atoms in total. The van der Waals surface area contributed by atoms with E-state index < -0.39 is 0 Å². The van der Waals surface area contributed by atoms with Gasteiger partial charge in [-0.2, -0.15) is 0 Å². The summed E-state index contributed by atoms with van der Waals surface area (Å²) in [6, 6.07) is 15.2. The summed E-state index contributed by atoms with van der Waals surface area (Å²) in [5, 5.41) is 0.685. The van der Waals surface area contributed by atoms with Crippen LogP contribution in [0.5, 0.6) is 5.75 Å². The number of methoxy groups -OCH3 is 1. The van der Waals surface area contributed by atoms with Crippen LogP contribution in [0.3, 0.4) is 0 Å². The molecule has 0 bridgehead atoms. The normalized spacial score (nSPS) is 10.7. The van der Waals surface area contributed by atoms with Crippen LogP contribution in [0.2, 0.25) is 0 Å². The van der Waals surface area contributed by atoms with Crippen molar-refractivity contribution in [1.82, 2.24) is 9.97 Å². The first-order chi connectivity index (χ1) is 11.2. The van der Waals surface area contributed by atoms with Crippen molar-refractivity contribution in [2.45, 2.75) is 11.8 Å². The first kappa shape index (κ1) is 15.4. The largest absolute Gasteiger partial charge is 0.497 e. The van der Waals surface area contributed by atoms with E-state index in [1.54, 1.807) is 7.11 Å². The number of rotatable bonds is 6. The van der Waals surface area contributed by atoms with Gasteiger partial charge in [-0.3, -0.25) is 4.79 Å². The third-order valence-corrected chi connectivity index (χ3v) is 4.08. The number of aromatic nitrogens is 2. The number of nitrogens with one attached hydrogen (secondary N) is 1. The molecule has 3 rings (SSSR count). The van der Waals surface area contributed by atoms with Gasteiger partial charge in [-0.15, -0.1) is 0 Å². The maximum absolute atomic E-state index is 11.8. The Labute approximate surface area is 138 Å². The Morgan fingerprint density at radius 1 is 1.22 bits per heavy atom. The Kier molecular flexibility index (Phi) is 4.83. The van der Waals surface area contributed by atoms with Gasteiger partial charge in [0.25, 0.3) is 0 Å². The zero-order valence-electron chi connectivity index (χ0n) is 12.6. The molecule has 0 saturated heterocycles. The summed E-state index contributed by atoms with van der Waals surface area (Å²) in [6.45, 7) is 0.289. The van der Waals surface area contributed by atoms with Crippen molar-refractivity contribution in [3.05, 3.63) is 54.1 Å². The molecule has 0 fully saturated rings. The number of nitrogens with zero attached hydrogens (tertiary/aromatic N) is 1. The van der Waals surface area contributed by atoms with Crippen LogP contribution in [0.15, 0.2) is 53.7 Å². The monoisotopic (exact) mass is 328 g/mol. The fourth-order valence-electron chi connectivity index (χ4n) is 2.07. The van der Waals surface area contributed by atoms with E-state index in [0.29, 0.717) is 5.16 Å². The Bertz CT molecular complexity index is 802. The fraction of sp³-hybridized carbons (Fsp3) is 0.176. The van der Waals surface area contributed by atoms with Gasteiger partial charge in [-0.25, -0.2) is 4.98 Å². The summed E-state index contributed by atoms with van der Waals surface area (Å²) >= 11 is 1.32. The summed E-state index contributed by atoms with van der Waals surface area (Å²) in [7, 11) is 1.62. The smallest absolute Gasteiger partial charge is 0.316 e. The maximum Gasteiger partial charge on any atom is 0.316 e. The number of carbonyl (C=O) groups excluding carboxylic acids is 1. The number of hydrogen-bond donors (Lipinski definition) is 1. The molecule has 3 aromatic rings. The van der Waals surface area contributed by atoms with E-state index in [1.807, 2.05) is 48.5 Å². The second-order valence-corrected chi connectivity index (χ2v) is 5.82. The molecule has 0 spiro atoms. The minimum Gasteiger partial charge on any atom is -0.497 e. The number of imidazole rings is 1. The zero-order chi connectivity index (χ0) is 16.1. The first-order valence-corrected chi connectivity index (χ1v) is 8.09. The van der Waals surface area contributed by atoms with Gasteiger partial charge in [0.15, 0.2) is 5.16 Å². The third-order valence-electron chi connectivity index (χ3n) is 3.24. The minimum absolute atomic E-state index is 0.212. The summed E-state index contributed by atoms with van der Waals surface area (Å²) in [5.74, 6) is 0.709. The fourth-order valence-corrected chi connectivity index (χ4v) is 2.75. The van der Waals surface area contributed by atoms with Gasteiger partial charge < -0.3 is 14.5 Å². The van der Waals surface area contributed by atoms with Crippen LogP contribution < -0.4 is 4.74 Å². The van der Waals surface area contributed by atoms with Gasteiger partial charge in [0.2, 0.25) is 0 Å². The SMILES string of the molecule is COc1ccc2nc(SCC(=O)OCc3ccccc3)[nH]c2c1. The van der Waals surface area contributed by atoms with E-state index in [9.17, 15) is 4.79 Å². The van der Waals surface area contributed by atoms with Crippen LogP contribution >= 0.6 is 11.8 Å². The number of thioether (sulfide) groups is 1. The predicted molar refractivity (Wildman–Crippen MR) is 89.6 cm³/mol. The summed E-state index contributed by atoms with van der Waals surface area (Å²) in [6.07, 6.45) is 0. The number of esters is 1. The van der Waals surface area contributed by atoms with Crippen LogP contribution in [0.4, 0.5) is 0 Å². The van der Waals surface area contributed by atoms with E-state index in [4.69, 9.17) is 9.47 Å². The average molecular weight is 328 g/mol. The third kappa shape index (κ3) is 4.04. The highest BCUT2D eigenvalue weighted by molar-refractivity contribution is 7.99. The van der Waals surface area contributed by atoms with Gasteiger partial charge in [0.1, 0.15) is 12.4 Å². The van der Waals surface area contributed by atoms with Crippen LogP contribution in [0.25, 0.3) is 11.0 Å². The minimum atomic E-state index is -0.267. The van der Waals surface area contributed by atoms with Crippen molar-refractivity contribution in [2.75, 3.05) is 12.9 Å². The zero-order valence-corrected chi connectivity index (χ0v) is 13.4. The van der Waals surface area contributed by atoms with Crippen LogP contribution in [-0.4, -0.2) is 28.8 Å². The number of hydrogen-bond acceptors (Lipinski definition) is 5. The highest BCUT2D eigenvalue weighted by atomic mass is 32.2. The molecule has 2 aromatic carbocycles. The molecule has 23 heavy (non-hydrogen) atoms. The van der Waals surface area contributed by atoms with Gasteiger partial charge in [0.05, 0.1) is 23.9 Å². The predicted octanol–water partition coefficient (Wildman–Crippen LogP) is 3.41. The van der Waals surface area contributed by atoms with Crippen molar-refractivity contribution in [3.63, 3.8) is 0 Å². The van der Waals surface area contributed by atoms with Crippen molar-refractivity contribution in [2.24, 2.45) is 0 Å². The molecule has 0 unspecified atom stereocenters. The molecular formula is C17H16N2O3S. The number of aromatic amines is 1. The molecule has 1 aromatic heterocycles. The molecule has 0 radical (unpaired) electrons. The lowest BCUT2D eigenvalue weighted by Crippen LogP contribution is -2.07. The molecule has 118 valence electrons. The average Bonchev–Trinajstić information content (AvgIpc) is 3.01. The van der Waals surface area contributed by atoms with E-state index in [2.05, 4.69) is 9.97 Å². The molecule has 0 saturated carbocycles. The molecule has 1 N–H and O–H groups in total. The molecule has 1 heterocycles. The topological polar surface area (TPSA) is 64.2 Å². The quantitative estimate of drug-likeness (QED) is 0.555. The van der Waals surface area contributed by atoms with Crippen LogP contribution in [0.1, 0.15) is 5.56 Å². The number of benzene rings is 2. The van der Waals surface area contributed by atoms with Gasteiger partial charge in [-0.1, -0.05) is 42.1 Å². The Balaban J connectivity index is 1.54. The van der Waals surface area contributed by atoms with Crippen molar-refractivity contribution >= 4 is 28.8 Å². The van der Waals surface area contributed by atoms with Crippen LogP contribution in [-0.2, 0) is 16.1 Å². The number of H-pyrrole nitrogens is 1. The van der Waals surface area contributed by atoms with E-state index >= 15 is 0 Å². The van der Waals surface area contributed by atoms with E-state index in [-0.39, 0.29) is 18.3 Å². The standard InChI is InChI=1S/C17H16N2O3S/c1-21-13-7-8-14-15(9-13)19-17(18-14)23-11-16(20)22-10-12-5-3-2-4-6-12/h2-9H,10-11H2,1H3,(H,18,19). The number of carbonyl (C=O) groups is 1. The summed E-state index contributed by atoms with van der Waals surface area (Å²) < 4.78 is 10.4. The summed E-state index contributed by atoms with van der Waals surface area (Å²) in [4.78, 5) is 19.4. The highest BCUT2D eigenvalue weighted by Crippen LogP contribution is 2.23. The summed E-state index contributed by atoms with van der Waals surface area (Å²) in [5.41, 5.74) is 2.69. The molecule has 0 atom stereocenters. The van der Waals surface area contributed by atoms with Crippen molar-refractivity contribution in [1.29, 1.82) is 0 Å². The molecule has 6 heteroatoms. The lowest BCUT2D eigenvalue weighted by atomic mass is 10.2. The molecule has 0 aliphatic rings. The van der Waals surface area contributed by atoms with Crippen LogP contribution in [0, 0.1) is 0 Å². The first-order valence-electron chi connectivity index (χ1n) is 7.11. The second kappa shape index (κ2) is 7.19.